The van der Waals surface area contributed by atoms with Crippen LogP contribution in [0.15, 0.2) is 18.2 Å². The van der Waals surface area contributed by atoms with Crippen LogP contribution in [0.2, 0.25) is 0 Å². The first-order valence-corrected chi connectivity index (χ1v) is 5.11. The molecule has 0 aliphatic heterocycles. The van der Waals surface area contributed by atoms with Crippen molar-refractivity contribution in [3.63, 3.8) is 0 Å². The second-order valence-corrected chi connectivity index (χ2v) is 4.01. The van der Waals surface area contributed by atoms with Gasteiger partial charge in [-0.05, 0) is 12.1 Å². The van der Waals surface area contributed by atoms with E-state index in [9.17, 15) is 8.42 Å². The van der Waals surface area contributed by atoms with Crippen molar-refractivity contribution in [1.29, 1.82) is 0 Å². The van der Waals surface area contributed by atoms with Gasteiger partial charge < -0.3 is 14.4 Å². The minimum atomic E-state index is -3.60. The predicted molar refractivity (Wildman–Crippen MR) is 45.2 cm³/mol. The van der Waals surface area contributed by atoms with Crippen LogP contribution in [0.4, 0.5) is 0 Å². The van der Waals surface area contributed by atoms with Gasteiger partial charge in [-0.2, -0.15) is 8.42 Å². The molecule has 0 spiro atoms. The molecule has 0 fully saturated rings. The highest BCUT2D eigenvalue weighted by atomic mass is 32.2. The third-order valence-electron chi connectivity index (χ3n) is 1.19. The van der Waals surface area contributed by atoms with Gasteiger partial charge in [0, 0.05) is 6.07 Å². The lowest BCUT2D eigenvalue weighted by atomic mass is 10.3. The molecule has 72 valence electrons. The van der Waals surface area contributed by atoms with E-state index in [1.807, 2.05) is 0 Å². The maximum absolute atomic E-state index is 10.6. The van der Waals surface area contributed by atoms with Crippen LogP contribution in [0.1, 0.15) is 0 Å². The van der Waals surface area contributed by atoms with Crippen LogP contribution in [0.5, 0.6) is 17.2 Å². The molecule has 0 amide bonds. The first kappa shape index (κ1) is 9.66. The Morgan fingerprint density at radius 2 is 1.85 bits per heavy atom. The van der Waals surface area contributed by atoms with Gasteiger partial charge in [0.2, 0.25) is 0 Å². The minimum absolute atomic E-state index is 0.0437. The van der Waals surface area contributed by atoms with E-state index in [2.05, 4.69) is 4.18 Å². The van der Waals surface area contributed by atoms with Crippen LogP contribution in [0.25, 0.3) is 0 Å². The Morgan fingerprint density at radius 1 is 1.23 bits per heavy atom. The quantitative estimate of drug-likeness (QED) is 0.539. The molecule has 0 aromatic heterocycles. The summed E-state index contributed by atoms with van der Waals surface area (Å²) in [6.45, 7) is 0. The molecule has 0 bridgehead atoms. The molecule has 0 heterocycles. The molecule has 0 saturated carbocycles. The Balaban J connectivity index is 2.99. The highest BCUT2D eigenvalue weighted by Crippen LogP contribution is 2.28. The molecule has 0 atom stereocenters. The van der Waals surface area contributed by atoms with E-state index in [0.717, 1.165) is 18.4 Å². The lowest BCUT2D eigenvalue weighted by Gasteiger charge is -2.03. The van der Waals surface area contributed by atoms with Gasteiger partial charge in [-0.3, -0.25) is 0 Å². The summed E-state index contributed by atoms with van der Waals surface area (Å²) < 4.78 is 25.7. The van der Waals surface area contributed by atoms with Crippen LogP contribution in [-0.2, 0) is 10.1 Å². The molecule has 13 heavy (non-hydrogen) atoms. The molecule has 0 aliphatic carbocycles. The molecule has 0 radical (unpaired) electrons. The number of rotatable bonds is 2. The summed E-state index contributed by atoms with van der Waals surface area (Å²) in [7, 11) is -3.60. The fourth-order valence-electron chi connectivity index (χ4n) is 0.730. The largest absolute Gasteiger partial charge is 0.504 e. The van der Waals surface area contributed by atoms with Gasteiger partial charge in [0.25, 0.3) is 0 Å². The SMILES string of the molecule is CS(=O)(=O)Oc1ccc(O)c(O)c1. The zero-order valence-corrected chi connectivity index (χ0v) is 7.58. The van der Waals surface area contributed by atoms with E-state index in [4.69, 9.17) is 10.2 Å². The Kier molecular flexibility index (Phi) is 2.33. The number of hydrogen-bond acceptors (Lipinski definition) is 5. The van der Waals surface area contributed by atoms with Crippen molar-refractivity contribution >= 4 is 10.1 Å². The third-order valence-corrected chi connectivity index (χ3v) is 1.69. The molecule has 1 rings (SSSR count). The summed E-state index contributed by atoms with van der Waals surface area (Å²) in [6, 6.07) is 3.38. The maximum Gasteiger partial charge on any atom is 0.306 e. The number of phenolic OH excluding ortho intramolecular Hbond substituents is 2. The van der Waals surface area contributed by atoms with E-state index in [-0.39, 0.29) is 11.5 Å². The Bertz CT molecular complexity index is 409. The van der Waals surface area contributed by atoms with Crippen molar-refractivity contribution in [2.75, 3.05) is 6.26 Å². The van der Waals surface area contributed by atoms with Crippen molar-refractivity contribution < 1.29 is 22.8 Å². The smallest absolute Gasteiger partial charge is 0.306 e. The van der Waals surface area contributed by atoms with E-state index in [1.165, 1.54) is 6.07 Å². The summed E-state index contributed by atoms with van der Waals surface area (Å²) in [6.07, 6.45) is 0.886. The molecule has 5 nitrogen and oxygen atoms in total. The molecule has 6 heteroatoms. The summed E-state index contributed by atoms with van der Waals surface area (Å²) >= 11 is 0. The second-order valence-electron chi connectivity index (χ2n) is 2.44. The Labute approximate surface area is 75.3 Å². The second kappa shape index (κ2) is 3.14. The molecular formula is C7H8O5S. The molecule has 0 unspecified atom stereocenters. The third kappa shape index (κ3) is 2.83. The van der Waals surface area contributed by atoms with E-state index in [1.54, 1.807) is 0 Å². The highest BCUT2D eigenvalue weighted by molar-refractivity contribution is 7.86. The van der Waals surface area contributed by atoms with Gasteiger partial charge in [0.05, 0.1) is 6.26 Å². The zero-order chi connectivity index (χ0) is 10.1. The number of phenols is 2. The van der Waals surface area contributed by atoms with Crippen LogP contribution < -0.4 is 4.18 Å². The normalized spacial score (nSPS) is 11.2. The van der Waals surface area contributed by atoms with Crippen LogP contribution >= 0.6 is 0 Å². The lowest BCUT2D eigenvalue weighted by Crippen LogP contribution is -2.05. The van der Waals surface area contributed by atoms with Crippen molar-refractivity contribution in [1.82, 2.24) is 0 Å². The molecule has 1 aromatic carbocycles. The fraction of sp³-hybridized carbons (Fsp3) is 0.143. The van der Waals surface area contributed by atoms with Gasteiger partial charge in [-0.1, -0.05) is 0 Å². The highest BCUT2D eigenvalue weighted by Gasteiger charge is 2.06. The average molecular weight is 204 g/mol. The lowest BCUT2D eigenvalue weighted by molar-refractivity contribution is 0.400. The molecule has 0 aliphatic rings. The molecule has 0 saturated heterocycles. The number of hydrogen-bond donors (Lipinski definition) is 2. The number of benzene rings is 1. The standard InChI is InChI=1S/C7H8O5S/c1-13(10,11)12-5-2-3-6(8)7(9)4-5/h2-4,8-9H,1H3. The summed E-state index contributed by atoms with van der Waals surface area (Å²) in [5.74, 6) is -0.806. The Hall–Kier alpha value is -1.43. The van der Waals surface area contributed by atoms with Crippen molar-refractivity contribution in [2.45, 2.75) is 0 Å². The van der Waals surface area contributed by atoms with Crippen LogP contribution in [0.3, 0.4) is 0 Å². The van der Waals surface area contributed by atoms with Crippen molar-refractivity contribution in [3.8, 4) is 17.2 Å². The molecular weight excluding hydrogens is 196 g/mol. The van der Waals surface area contributed by atoms with Gasteiger partial charge in [0.15, 0.2) is 11.5 Å². The topological polar surface area (TPSA) is 83.8 Å². The Morgan fingerprint density at radius 3 is 2.31 bits per heavy atom. The van der Waals surface area contributed by atoms with E-state index < -0.39 is 15.9 Å². The van der Waals surface area contributed by atoms with E-state index in [0.29, 0.717) is 0 Å². The molecule has 1 aromatic rings. The average Bonchev–Trinajstić information content (AvgIpc) is 1.94. The molecule has 2 N–H and O–H groups in total. The monoisotopic (exact) mass is 204 g/mol. The first-order chi connectivity index (χ1) is 5.88. The van der Waals surface area contributed by atoms with Crippen LogP contribution in [0, 0.1) is 0 Å². The van der Waals surface area contributed by atoms with Gasteiger partial charge >= 0.3 is 10.1 Å². The first-order valence-electron chi connectivity index (χ1n) is 3.30. The van der Waals surface area contributed by atoms with Gasteiger partial charge in [0.1, 0.15) is 5.75 Å². The zero-order valence-electron chi connectivity index (χ0n) is 6.76. The van der Waals surface area contributed by atoms with Crippen molar-refractivity contribution in [3.05, 3.63) is 18.2 Å². The number of aromatic hydroxyl groups is 2. The van der Waals surface area contributed by atoms with Crippen molar-refractivity contribution in [2.24, 2.45) is 0 Å². The van der Waals surface area contributed by atoms with E-state index >= 15 is 0 Å². The summed E-state index contributed by atoms with van der Waals surface area (Å²) in [4.78, 5) is 0. The predicted octanol–water partition coefficient (Wildman–Crippen LogP) is 0.436. The fourth-order valence-corrected chi connectivity index (χ4v) is 1.18. The maximum atomic E-state index is 10.6. The minimum Gasteiger partial charge on any atom is -0.504 e. The summed E-state index contributed by atoms with van der Waals surface area (Å²) in [5.41, 5.74) is 0. The summed E-state index contributed by atoms with van der Waals surface area (Å²) in [5, 5.41) is 17.9. The van der Waals surface area contributed by atoms with Gasteiger partial charge in [-0.15, -0.1) is 0 Å². The van der Waals surface area contributed by atoms with Crippen LogP contribution in [-0.4, -0.2) is 24.9 Å². The van der Waals surface area contributed by atoms with Gasteiger partial charge in [-0.25, -0.2) is 0 Å².